The number of rotatable bonds is 8. The highest BCUT2D eigenvalue weighted by Gasteiger charge is 2.27. The number of benzene rings is 3. The first-order valence-electron chi connectivity index (χ1n) is 9.60. The Morgan fingerprint density at radius 2 is 1.66 bits per heavy atom. The van der Waals surface area contributed by atoms with Crippen LogP contribution >= 0.6 is 11.6 Å². The maximum atomic E-state index is 13.3. The minimum Gasteiger partial charge on any atom is -0.497 e. The molecule has 0 fully saturated rings. The summed E-state index contributed by atoms with van der Waals surface area (Å²) in [4.78, 5) is 12.6. The Hall–Kier alpha value is -3.36. The number of carbonyl (C=O) groups is 1. The van der Waals surface area contributed by atoms with E-state index in [1.54, 1.807) is 24.3 Å². The number of aryl methyl sites for hydroxylation is 1. The molecule has 3 aromatic carbocycles. The van der Waals surface area contributed by atoms with Gasteiger partial charge in [0.05, 0.1) is 23.9 Å². The van der Waals surface area contributed by atoms with E-state index in [0.717, 1.165) is 15.4 Å². The van der Waals surface area contributed by atoms with E-state index < -0.39 is 22.5 Å². The van der Waals surface area contributed by atoms with E-state index in [0.29, 0.717) is 16.5 Å². The van der Waals surface area contributed by atoms with Crippen LogP contribution in [-0.4, -0.2) is 34.2 Å². The molecule has 0 aliphatic heterocycles. The Morgan fingerprint density at radius 3 is 2.25 bits per heavy atom. The van der Waals surface area contributed by atoms with E-state index in [4.69, 9.17) is 16.3 Å². The van der Waals surface area contributed by atoms with Crippen LogP contribution in [-0.2, 0) is 14.8 Å². The number of nitrogens with one attached hydrogen (secondary N) is 1. The highest BCUT2D eigenvalue weighted by atomic mass is 35.5. The smallest absolute Gasteiger partial charge is 0.264 e. The van der Waals surface area contributed by atoms with Crippen molar-refractivity contribution < 1.29 is 17.9 Å². The summed E-state index contributed by atoms with van der Waals surface area (Å²) >= 11 is 5.94. The van der Waals surface area contributed by atoms with Gasteiger partial charge in [-0.2, -0.15) is 5.10 Å². The molecule has 0 saturated heterocycles. The van der Waals surface area contributed by atoms with Gasteiger partial charge in [0.2, 0.25) is 0 Å². The standard InChI is InChI=1S/C23H22ClN3O4S/c1-17-3-5-18(6-4-17)15-25-26-23(28)16-27(20-9-7-19(24)8-10-20)32(29,30)22-13-11-21(31-2)12-14-22/h3-15H,16H2,1-2H3,(H,26,28)/b25-15-. The first kappa shape index (κ1) is 23.3. The normalized spacial score (nSPS) is 11.3. The molecular weight excluding hydrogens is 450 g/mol. The molecule has 0 aliphatic rings. The minimum atomic E-state index is -4.05. The molecule has 3 rings (SSSR count). The number of amides is 1. The van der Waals surface area contributed by atoms with Gasteiger partial charge in [0.15, 0.2) is 0 Å². The third-order valence-corrected chi connectivity index (χ3v) is 6.57. The minimum absolute atomic E-state index is 0.0178. The second-order valence-electron chi connectivity index (χ2n) is 6.87. The number of hydrazone groups is 1. The van der Waals surface area contributed by atoms with Gasteiger partial charge >= 0.3 is 0 Å². The third-order valence-electron chi connectivity index (χ3n) is 4.53. The van der Waals surface area contributed by atoms with Crippen LogP contribution in [0.15, 0.2) is 82.8 Å². The Labute approximate surface area is 192 Å². The molecule has 0 spiro atoms. The van der Waals surface area contributed by atoms with Gasteiger partial charge in [0.1, 0.15) is 12.3 Å². The lowest BCUT2D eigenvalue weighted by atomic mass is 10.2. The second-order valence-corrected chi connectivity index (χ2v) is 9.17. The van der Waals surface area contributed by atoms with Crippen molar-refractivity contribution in [2.45, 2.75) is 11.8 Å². The fourth-order valence-electron chi connectivity index (χ4n) is 2.79. The number of anilines is 1. The first-order chi connectivity index (χ1) is 15.3. The number of nitrogens with zero attached hydrogens (tertiary/aromatic N) is 2. The predicted molar refractivity (Wildman–Crippen MR) is 126 cm³/mol. The highest BCUT2D eigenvalue weighted by Crippen LogP contribution is 2.26. The molecule has 0 saturated carbocycles. The maximum absolute atomic E-state index is 13.3. The van der Waals surface area contributed by atoms with Crippen LogP contribution in [0.2, 0.25) is 5.02 Å². The van der Waals surface area contributed by atoms with Crippen LogP contribution in [0.25, 0.3) is 0 Å². The van der Waals surface area contributed by atoms with Crippen LogP contribution in [0.5, 0.6) is 5.75 Å². The second kappa shape index (κ2) is 10.3. The van der Waals surface area contributed by atoms with Crippen LogP contribution < -0.4 is 14.5 Å². The van der Waals surface area contributed by atoms with E-state index >= 15 is 0 Å². The van der Waals surface area contributed by atoms with Crippen molar-refractivity contribution in [3.8, 4) is 5.75 Å². The Kier molecular flexibility index (Phi) is 7.50. The van der Waals surface area contributed by atoms with E-state index in [2.05, 4.69) is 10.5 Å². The van der Waals surface area contributed by atoms with Crippen molar-refractivity contribution in [1.82, 2.24) is 5.43 Å². The van der Waals surface area contributed by atoms with Crippen molar-refractivity contribution >= 4 is 39.4 Å². The Bertz CT molecular complexity index is 1190. The molecule has 9 heteroatoms. The van der Waals surface area contributed by atoms with Crippen molar-refractivity contribution in [1.29, 1.82) is 0 Å². The molecule has 3 aromatic rings. The van der Waals surface area contributed by atoms with Gasteiger partial charge in [-0.15, -0.1) is 0 Å². The third kappa shape index (κ3) is 5.87. The van der Waals surface area contributed by atoms with Gasteiger partial charge in [0, 0.05) is 5.02 Å². The topological polar surface area (TPSA) is 88.1 Å². The van der Waals surface area contributed by atoms with E-state index in [-0.39, 0.29) is 4.90 Å². The summed E-state index contributed by atoms with van der Waals surface area (Å²) in [6, 6.07) is 19.7. The van der Waals surface area contributed by atoms with Gasteiger partial charge in [-0.1, -0.05) is 41.4 Å². The number of sulfonamides is 1. The monoisotopic (exact) mass is 471 g/mol. The molecule has 0 aromatic heterocycles. The summed E-state index contributed by atoms with van der Waals surface area (Å²) in [7, 11) is -2.56. The molecular formula is C23H22ClN3O4S. The van der Waals surface area contributed by atoms with E-state index in [1.807, 2.05) is 31.2 Å². The lowest BCUT2D eigenvalue weighted by Crippen LogP contribution is -2.39. The molecule has 0 unspecified atom stereocenters. The molecule has 1 N–H and O–H groups in total. The average molecular weight is 472 g/mol. The van der Waals surface area contributed by atoms with Crippen molar-refractivity contribution in [2.75, 3.05) is 18.0 Å². The number of methoxy groups -OCH3 is 1. The van der Waals surface area contributed by atoms with E-state index in [1.165, 1.54) is 37.6 Å². The Balaban J connectivity index is 1.83. The zero-order chi connectivity index (χ0) is 23.1. The molecule has 0 atom stereocenters. The molecule has 166 valence electrons. The van der Waals surface area contributed by atoms with Gasteiger partial charge < -0.3 is 4.74 Å². The molecule has 0 bridgehead atoms. The maximum Gasteiger partial charge on any atom is 0.264 e. The first-order valence-corrected chi connectivity index (χ1v) is 11.4. The quantitative estimate of drug-likeness (QED) is 0.397. The van der Waals surface area contributed by atoms with Gasteiger partial charge in [-0.25, -0.2) is 13.8 Å². The molecule has 0 heterocycles. The summed E-state index contributed by atoms with van der Waals surface area (Å²) in [6.45, 7) is 1.50. The van der Waals surface area contributed by atoms with Crippen LogP contribution in [0, 0.1) is 6.92 Å². The van der Waals surface area contributed by atoms with Crippen LogP contribution in [0.4, 0.5) is 5.69 Å². The zero-order valence-corrected chi connectivity index (χ0v) is 19.1. The van der Waals surface area contributed by atoms with Crippen LogP contribution in [0.1, 0.15) is 11.1 Å². The molecule has 0 aliphatic carbocycles. The molecule has 32 heavy (non-hydrogen) atoms. The lowest BCUT2D eigenvalue weighted by molar-refractivity contribution is -0.119. The van der Waals surface area contributed by atoms with E-state index in [9.17, 15) is 13.2 Å². The summed E-state index contributed by atoms with van der Waals surface area (Å²) in [6.07, 6.45) is 1.49. The van der Waals surface area contributed by atoms with Crippen molar-refractivity contribution in [2.24, 2.45) is 5.10 Å². The van der Waals surface area contributed by atoms with Gasteiger partial charge in [-0.05, 0) is 61.0 Å². The fourth-order valence-corrected chi connectivity index (χ4v) is 4.34. The summed E-state index contributed by atoms with van der Waals surface area (Å²) in [5.74, 6) is -0.0782. The van der Waals surface area contributed by atoms with Crippen LogP contribution in [0.3, 0.4) is 0 Å². The Morgan fingerprint density at radius 1 is 1.03 bits per heavy atom. The predicted octanol–water partition coefficient (Wildman–Crippen LogP) is 4.00. The van der Waals surface area contributed by atoms with Crippen molar-refractivity contribution in [3.63, 3.8) is 0 Å². The zero-order valence-electron chi connectivity index (χ0n) is 17.5. The highest BCUT2D eigenvalue weighted by molar-refractivity contribution is 7.92. The summed E-state index contributed by atoms with van der Waals surface area (Å²) in [5.41, 5.74) is 4.58. The molecule has 0 radical (unpaired) electrons. The molecule has 1 amide bonds. The fraction of sp³-hybridized carbons (Fsp3) is 0.130. The number of halogens is 1. The van der Waals surface area contributed by atoms with Gasteiger partial charge in [0.25, 0.3) is 15.9 Å². The summed E-state index contributed by atoms with van der Waals surface area (Å²) < 4.78 is 32.7. The number of hydrogen-bond donors (Lipinski definition) is 1. The van der Waals surface area contributed by atoms with Crippen molar-refractivity contribution in [3.05, 3.63) is 88.9 Å². The number of hydrogen-bond acceptors (Lipinski definition) is 5. The molecule has 7 nitrogen and oxygen atoms in total. The largest absolute Gasteiger partial charge is 0.497 e. The summed E-state index contributed by atoms with van der Waals surface area (Å²) in [5, 5.41) is 4.37. The SMILES string of the molecule is COc1ccc(S(=O)(=O)N(CC(=O)N/N=C\c2ccc(C)cc2)c2ccc(Cl)cc2)cc1. The number of ether oxygens (including phenoxy) is 1. The van der Waals surface area contributed by atoms with Gasteiger partial charge in [-0.3, -0.25) is 9.10 Å². The number of carbonyl (C=O) groups excluding carboxylic acids is 1. The average Bonchev–Trinajstić information content (AvgIpc) is 2.79. The lowest BCUT2D eigenvalue weighted by Gasteiger charge is -2.23.